The van der Waals surface area contributed by atoms with E-state index < -0.39 is 0 Å². The predicted molar refractivity (Wildman–Crippen MR) is 95.9 cm³/mol. The zero-order valence-electron chi connectivity index (χ0n) is 14.9. The van der Waals surface area contributed by atoms with Gasteiger partial charge in [0.25, 0.3) is 0 Å². The molecule has 3 aromatic heterocycles. The van der Waals surface area contributed by atoms with E-state index in [9.17, 15) is 4.79 Å². The number of fused-ring (bicyclic) bond motifs is 1. The van der Waals surface area contributed by atoms with Gasteiger partial charge in [0.15, 0.2) is 5.65 Å². The minimum Gasteiger partial charge on any atom is -0.338 e. The van der Waals surface area contributed by atoms with E-state index in [4.69, 9.17) is 4.52 Å². The summed E-state index contributed by atoms with van der Waals surface area (Å²) in [5.74, 6) is 1.68. The first kappa shape index (κ1) is 16.7. The van der Waals surface area contributed by atoms with E-state index in [1.54, 1.807) is 6.07 Å². The maximum absolute atomic E-state index is 12.4. The summed E-state index contributed by atoms with van der Waals surface area (Å²) in [5.41, 5.74) is 1.62. The molecule has 0 bridgehead atoms. The van der Waals surface area contributed by atoms with E-state index >= 15 is 0 Å². The third-order valence-electron chi connectivity index (χ3n) is 5.04. The second-order valence-corrected chi connectivity index (χ2v) is 6.80. The molecule has 3 aromatic rings. The fraction of sp³-hybridized carbons (Fsp3) is 0.444. The van der Waals surface area contributed by atoms with E-state index in [0.29, 0.717) is 11.8 Å². The number of carbonyl (C=O) groups excluding carboxylic acids is 1. The Balaban J connectivity index is 1.37. The van der Waals surface area contributed by atoms with Crippen molar-refractivity contribution in [3.63, 3.8) is 0 Å². The molecule has 0 aromatic carbocycles. The number of aryl methyl sites for hydroxylation is 1. The summed E-state index contributed by atoms with van der Waals surface area (Å²) in [5, 5.41) is 15.2. The van der Waals surface area contributed by atoms with E-state index in [1.807, 2.05) is 38.2 Å². The number of anilines is 1. The number of carbonyl (C=O) groups is 1. The number of hydrogen-bond donors (Lipinski definition) is 1. The number of hydrogen-bond acceptors (Lipinski definition) is 6. The first-order valence-electron chi connectivity index (χ1n) is 8.89. The molecule has 4 rings (SSSR count). The molecule has 1 aliphatic heterocycles. The van der Waals surface area contributed by atoms with Crippen molar-refractivity contribution in [2.24, 2.45) is 0 Å². The van der Waals surface area contributed by atoms with Crippen LogP contribution in [0.25, 0.3) is 5.65 Å². The van der Waals surface area contributed by atoms with Crippen LogP contribution in [0.2, 0.25) is 0 Å². The summed E-state index contributed by atoms with van der Waals surface area (Å²) >= 11 is 0. The van der Waals surface area contributed by atoms with Crippen molar-refractivity contribution in [3.8, 4) is 0 Å². The van der Waals surface area contributed by atoms with Crippen LogP contribution in [0.1, 0.15) is 37.2 Å². The molecule has 0 radical (unpaired) electrons. The standard InChI is InChI=1S/C18H22N6O2/c1-12-11-16(26-22-12)19-18(25)13(2)23-9-6-14(7-10-23)17-21-20-15-5-3-4-8-24(15)17/h3-5,8,11,13-14H,6-7,9-10H2,1-2H3,(H,19,25). The zero-order valence-corrected chi connectivity index (χ0v) is 14.9. The average Bonchev–Trinajstić information content (AvgIpc) is 3.27. The Morgan fingerprint density at radius 1 is 1.31 bits per heavy atom. The summed E-state index contributed by atoms with van der Waals surface area (Å²) in [7, 11) is 0. The van der Waals surface area contributed by atoms with E-state index in [1.165, 1.54) is 0 Å². The van der Waals surface area contributed by atoms with Gasteiger partial charge in [-0.3, -0.25) is 19.4 Å². The molecule has 136 valence electrons. The fourth-order valence-corrected chi connectivity index (χ4v) is 3.50. The van der Waals surface area contributed by atoms with Crippen molar-refractivity contribution in [2.75, 3.05) is 18.4 Å². The highest BCUT2D eigenvalue weighted by atomic mass is 16.5. The number of aromatic nitrogens is 4. The van der Waals surface area contributed by atoms with Gasteiger partial charge in [0, 0.05) is 18.2 Å². The van der Waals surface area contributed by atoms with Gasteiger partial charge < -0.3 is 4.52 Å². The summed E-state index contributed by atoms with van der Waals surface area (Å²) in [6.45, 7) is 5.43. The van der Waals surface area contributed by atoms with Gasteiger partial charge in [-0.1, -0.05) is 11.2 Å². The average molecular weight is 354 g/mol. The van der Waals surface area contributed by atoms with Gasteiger partial charge in [0.05, 0.1) is 11.7 Å². The number of pyridine rings is 1. The Hall–Kier alpha value is -2.74. The Morgan fingerprint density at radius 2 is 2.12 bits per heavy atom. The highest BCUT2D eigenvalue weighted by Gasteiger charge is 2.29. The Morgan fingerprint density at radius 3 is 2.85 bits per heavy atom. The molecule has 1 fully saturated rings. The normalized spacial score (nSPS) is 17.5. The zero-order chi connectivity index (χ0) is 18.1. The molecule has 0 aliphatic carbocycles. The maximum Gasteiger partial charge on any atom is 0.243 e. The topological polar surface area (TPSA) is 88.6 Å². The number of likely N-dealkylation sites (tertiary alicyclic amines) is 1. The molecule has 0 spiro atoms. The van der Waals surface area contributed by atoms with Gasteiger partial charge in [-0.25, -0.2) is 0 Å². The van der Waals surface area contributed by atoms with Crippen molar-refractivity contribution in [3.05, 3.63) is 42.0 Å². The Labute approximate surface area is 151 Å². The second kappa shape index (κ2) is 6.87. The molecule has 1 N–H and O–H groups in total. The minimum absolute atomic E-state index is 0.0764. The lowest BCUT2D eigenvalue weighted by Gasteiger charge is -2.34. The Bertz CT molecular complexity index is 909. The van der Waals surface area contributed by atoms with Crippen molar-refractivity contribution in [1.82, 2.24) is 24.7 Å². The van der Waals surface area contributed by atoms with Crippen LogP contribution in [0.15, 0.2) is 35.0 Å². The van der Waals surface area contributed by atoms with Crippen molar-refractivity contribution >= 4 is 17.4 Å². The number of amides is 1. The first-order chi connectivity index (χ1) is 12.6. The summed E-state index contributed by atoms with van der Waals surface area (Å²) in [6.07, 6.45) is 3.91. The van der Waals surface area contributed by atoms with Crippen molar-refractivity contribution < 1.29 is 9.32 Å². The minimum atomic E-state index is -0.225. The lowest BCUT2D eigenvalue weighted by Crippen LogP contribution is -2.45. The molecule has 4 heterocycles. The SMILES string of the molecule is Cc1cc(NC(=O)C(C)N2CCC(c3nnc4ccccn34)CC2)on1. The molecule has 0 saturated carbocycles. The fourth-order valence-electron chi connectivity index (χ4n) is 3.50. The third-order valence-corrected chi connectivity index (χ3v) is 5.04. The number of rotatable bonds is 4. The van der Waals surface area contributed by atoms with Gasteiger partial charge in [-0.05, 0) is 51.9 Å². The maximum atomic E-state index is 12.4. The quantitative estimate of drug-likeness (QED) is 0.773. The van der Waals surface area contributed by atoms with Crippen molar-refractivity contribution in [2.45, 2.75) is 38.6 Å². The predicted octanol–water partition coefficient (Wildman–Crippen LogP) is 2.23. The van der Waals surface area contributed by atoms with E-state index in [-0.39, 0.29) is 11.9 Å². The summed E-state index contributed by atoms with van der Waals surface area (Å²) < 4.78 is 7.12. The highest BCUT2D eigenvalue weighted by molar-refractivity contribution is 5.93. The summed E-state index contributed by atoms with van der Waals surface area (Å²) in [6, 6.07) is 7.41. The first-order valence-corrected chi connectivity index (χ1v) is 8.89. The molecule has 1 unspecified atom stereocenters. The third kappa shape index (κ3) is 3.20. The van der Waals surface area contributed by atoms with Gasteiger partial charge in [-0.2, -0.15) is 0 Å². The molecular weight excluding hydrogens is 332 g/mol. The van der Waals surface area contributed by atoms with Crippen LogP contribution in [0.5, 0.6) is 0 Å². The smallest absolute Gasteiger partial charge is 0.243 e. The van der Waals surface area contributed by atoms with Crippen LogP contribution in [0.4, 0.5) is 5.88 Å². The van der Waals surface area contributed by atoms with Crippen LogP contribution in [-0.4, -0.2) is 49.7 Å². The molecule has 1 amide bonds. The molecule has 8 heteroatoms. The molecule has 1 aliphatic rings. The van der Waals surface area contributed by atoms with Crippen LogP contribution in [0, 0.1) is 6.92 Å². The van der Waals surface area contributed by atoms with E-state index in [2.05, 4.69) is 30.0 Å². The monoisotopic (exact) mass is 354 g/mol. The highest BCUT2D eigenvalue weighted by Crippen LogP contribution is 2.28. The second-order valence-electron chi connectivity index (χ2n) is 6.80. The van der Waals surface area contributed by atoms with Gasteiger partial charge >= 0.3 is 0 Å². The van der Waals surface area contributed by atoms with Gasteiger partial charge in [0.1, 0.15) is 5.82 Å². The number of nitrogens with one attached hydrogen (secondary N) is 1. The van der Waals surface area contributed by atoms with Crippen LogP contribution >= 0.6 is 0 Å². The van der Waals surface area contributed by atoms with Crippen LogP contribution in [-0.2, 0) is 4.79 Å². The molecule has 1 saturated heterocycles. The molecule has 1 atom stereocenters. The lowest BCUT2D eigenvalue weighted by atomic mass is 9.95. The van der Waals surface area contributed by atoms with Gasteiger partial charge in [0.2, 0.25) is 11.8 Å². The number of piperidine rings is 1. The number of nitrogens with zero attached hydrogens (tertiary/aromatic N) is 5. The van der Waals surface area contributed by atoms with Crippen molar-refractivity contribution in [1.29, 1.82) is 0 Å². The summed E-state index contributed by atoms with van der Waals surface area (Å²) in [4.78, 5) is 14.6. The molecule has 26 heavy (non-hydrogen) atoms. The van der Waals surface area contributed by atoms with E-state index in [0.717, 1.165) is 43.1 Å². The molecule has 8 nitrogen and oxygen atoms in total. The largest absolute Gasteiger partial charge is 0.338 e. The Kier molecular flexibility index (Phi) is 4.42. The van der Waals surface area contributed by atoms with Gasteiger partial charge in [-0.15, -0.1) is 10.2 Å². The van der Waals surface area contributed by atoms with Crippen LogP contribution in [0.3, 0.4) is 0 Å². The lowest BCUT2D eigenvalue weighted by molar-refractivity contribution is -0.121. The van der Waals surface area contributed by atoms with Crippen LogP contribution < -0.4 is 5.32 Å². The molecular formula is C18H22N6O2.